The molecule has 1 fully saturated rings. The Morgan fingerprint density at radius 2 is 1.90 bits per heavy atom. The molecule has 2 amide bonds. The number of para-hydroxylation sites is 1. The lowest BCUT2D eigenvalue weighted by Gasteiger charge is -2.18. The zero-order valence-electron chi connectivity index (χ0n) is 17.0. The van der Waals surface area contributed by atoms with E-state index in [1.54, 1.807) is 4.90 Å². The molecule has 0 spiro atoms. The summed E-state index contributed by atoms with van der Waals surface area (Å²) < 4.78 is 0. The van der Waals surface area contributed by atoms with Crippen LogP contribution in [0.4, 0.5) is 10.8 Å². The molecule has 6 nitrogen and oxygen atoms in total. The van der Waals surface area contributed by atoms with E-state index in [1.807, 2.05) is 49.4 Å². The van der Waals surface area contributed by atoms with Gasteiger partial charge < -0.3 is 10.2 Å². The number of nitrogens with one attached hydrogen (secondary N) is 1. The molecule has 1 aliphatic rings. The Labute approximate surface area is 180 Å². The highest BCUT2D eigenvalue weighted by Gasteiger charge is 2.36. The smallest absolute Gasteiger partial charge is 0.231 e. The second kappa shape index (κ2) is 8.75. The molecule has 2 atom stereocenters. The van der Waals surface area contributed by atoms with Gasteiger partial charge in [-0.2, -0.15) is 0 Å². The molecule has 3 aromatic rings. The number of aryl methyl sites for hydroxylation is 1. The lowest BCUT2D eigenvalue weighted by Crippen LogP contribution is -2.28. The van der Waals surface area contributed by atoms with Crippen molar-refractivity contribution in [3.8, 4) is 0 Å². The summed E-state index contributed by atoms with van der Waals surface area (Å²) in [5, 5.41) is 12.6. The average Bonchev–Trinajstić information content (AvgIpc) is 3.35. The van der Waals surface area contributed by atoms with Crippen molar-refractivity contribution in [2.24, 2.45) is 5.92 Å². The van der Waals surface area contributed by atoms with Gasteiger partial charge in [0.2, 0.25) is 16.9 Å². The molecule has 0 saturated carbocycles. The quantitative estimate of drug-likeness (QED) is 0.649. The molecule has 2 aromatic carbocycles. The first-order chi connectivity index (χ1) is 14.5. The van der Waals surface area contributed by atoms with E-state index in [9.17, 15) is 9.59 Å². The highest BCUT2D eigenvalue weighted by molar-refractivity contribution is 7.15. The fourth-order valence-corrected chi connectivity index (χ4v) is 4.61. The number of hydrogen-bond donors (Lipinski definition) is 1. The summed E-state index contributed by atoms with van der Waals surface area (Å²) in [4.78, 5) is 26.9. The van der Waals surface area contributed by atoms with E-state index in [1.165, 1.54) is 16.9 Å². The second-order valence-electron chi connectivity index (χ2n) is 7.70. The van der Waals surface area contributed by atoms with Crippen LogP contribution in [0, 0.1) is 12.8 Å². The third-order valence-electron chi connectivity index (χ3n) is 5.45. The highest BCUT2D eigenvalue weighted by Crippen LogP contribution is 2.29. The van der Waals surface area contributed by atoms with Crippen LogP contribution in [0.3, 0.4) is 0 Å². The van der Waals surface area contributed by atoms with Crippen molar-refractivity contribution in [1.29, 1.82) is 0 Å². The van der Waals surface area contributed by atoms with Crippen molar-refractivity contribution in [1.82, 2.24) is 10.2 Å². The Kier molecular flexibility index (Phi) is 5.90. The van der Waals surface area contributed by atoms with E-state index in [0.717, 1.165) is 22.7 Å². The van der Waals surface area contributed by atoms with Crippen LogP contribution in [-0.4, -0.2) is 28.6 Å². The maximum atomic E-state index is 12.7. The Balaban J connectivity index is 1.37. The Bertz CT molecular complexity index is 1050. The standard InChI is InChI=1S/C23H24N4O2S/c1-15-8-6-7-11-19(15)27-14-18(13-21(27)28)22(29)24-23-26-25-20(30-23)12-16(2)17-9-4-3-5-10-17/h3-11,16,18H,12-14H2,1-2H3,(H,24,26,29)/t16-,18+/m0/s1. The van der Waals surface area contributed by atoms with Crippen LogP contribution >= 0.6 is 11.3 Å². The van der Waals surface area contributed by atoms with E-state index in [-0.39, 0.29) is 18.2 Å². The largest absolute Gasteiger partial charge is 0.311 e. The highest BCUT2D eigenvalue weighted by atomic mass is 32.1. The van der Waals surface area contributed by atoms with Crippen LogP contribution < -0.4 is 10.2 Å². The van der Waals surface area contributed by atoms with Gasteiger partial charge in [0.05, 0.1) is 5.92 Å². The fraction of sp³-hybridized carbons (Fsp3) is 0.304. The average molecular weight is 421 g/mol. The van der Waals surface area contributed by atoms with Crippen LogP contribution in [-0.2, 0) is 16.0 Å². The maximum Gasteiger partial charge on any atom is 0.231 e. The van der Waals surface area contributed by atoms with E-state index < -0.39 is 5.92 Å². The van der Waals surface area contributed by atoms with Gasteiger partial charge in [0.1, 0.15) is 5.01 Å². The molecule has 2 heterocycles. The summed E-state index contributed by atoms with van der Waals surface area (Å²) in [6, 6.07) is 18.0. The van der Waals surface area contributed by atoms with E-state index in [0.29, 0.717) is 17.6 Å². The van der Waals surface area contributed by atoms with E-state index in [2.05, 4.69) is 34.6 Å². The Morgan fingerprint density at radius 1 is 1.17 bits per heavy atom. The summed E-state index contributed by atoms with van der Waals surface area (Å²) in [5.74, 6) is -0.289. The molecule has 7 heteroatoms. The first-order valence-corrected chi connectivity index (χ1v) is 10.9. The summed E-state index contributed by atoms with van der Waals surface area (Å²) in [6.07, 6.45) is 0.970. The third-order valence-corrected chi connectivity index (χ3v) is 6.31. The molecular weight excluding hydrogens is 396 g/mol. The van der Waals surface area contributed by atoms with Crippen molar-refractivity contribution in [3.05, 3.63) is 70.7 Å². The van der Waals surface area contributed by atoms with Crippen LogP contribution in [0.2, 0.25) is 0 Å². The van der Waals surface area contributed by atoms with Gasteiger partial charge in [0, 0.05) is 25.1 Å². The molecule has 0 unspecified atom stereocenters. The van der Waals surface area contributed by atoms with Gasteiger partial charge in [0.25, 0.3) is 0 Å². The fourth-order valence-electron chi connectivity index (χ4n) is 3.74. The first kappa shape index (κ1) is 20.2. The van der Waals surface area contributed by atoms with Gasteiger partial charge in [0.15, 0.2) is 0 Å². The topological polar surface area (TPSA) is 75.2 Å². The second-order valence-corrected chi connectivity index (χ2v) is 8.76. The minimum absolute atomic E-state index is 0.0286. The molecule has 30 heavy (non-hydrogen) atoms. The molecule has 0 aliphatic carbocycles. The number of carbonyl (C=O) groups is 2. The molecule has 4 rings (SSSR count). The first-order valence-electron chi connectivity index (χ1n) is 10.1. The number of amides is 2. The summed E-state index contributed by atoms with van der Waals surface area (Å²) in [5.41, 5.74) is 3.14. The SMILES string of the molecule is Cc1ccccc1N1C[C@H](C(=O)Nc2nnc(C[C@H](C)c3ccccc3)s2)CC1=O. The number of benzene rings is 2. The lowest BCUT2D eigenvalue weighted by atomic mass is 9.98. The molecule has 0 bridgehead atoms. The normalized spacial score (nSPS) is 17.2. The number of rotatable bonds is 6. The number of nitrogens with zero attached hydrogens (tertiary/aromatic N) is 3. The van der Waals surface area contributed by atoms with E-state index >= 15 is 0 Å². The van der Waals surface area contributed by atoms with Crippen molar-refractivity contribution < 1.29 is 9.59 Å². The molecular formula is C23H24N4O2S. The van der Waals surface area contributed by atoms with Crippen LogP contribution in [0.1, 0.15) is 35.4 Å². The third kappa shape index (κ3) is 4.41. The predicted molar refractivity (Wildman–Crippen MR) is 119 cm³/mol. The van der Waals surface area contributed by atoms with Gasteiger partial charge in [-0.25, -0.2) is 0 Å². The molecule has 1 saturated heterocycles. The minimum atomic E-state index is -0.396. The van der Waals surface area contributed by atoms with Crippen molar-refractivity contribution in [3.63, 3.8) is 0 Å². The Hall–Kier alpha value is -3.06. The van der Waals surface area contributed by atoms with Gasteiger partial charge >= 0.3 is 0 Å². The number of carbonyl (C=O) groups excluding carboxylic acids is 2. The molecule has 1 aliphatic heterocycles. The minimum Gasteiger partial charge on any atom is -0.311 e. The molecule has 1 N–H and O–H groups in total. The summed E-state index contributed by atoms with van der Waals surface area (Å²) in [6.45, 7) is 4.50. The zero-order chi connectivity index (χ0) is 21.1. The van der Waals surface area contributed by atoms with Gasteiger partial charge in [-0.3, -0.25) is 9.59 Å². The summed E-state index contributed by atoms with van der Waals surface area (Å²) >= 11 is 1.39. The van der Waals surface area contributed by atoms with Gasteiger partial charge in [-0.05, 0) is 30.0 Å². The van der Waals surface area contributed by atoms with E-state index in [4.69, 9.17) is 0 Å². The maximum absolute atomic E-state index is 12.7. The van der Waals surface area contributed by atoms with Crippen molar-refractivity contribution in [2.75, 3.05) is 16.8 Å². The van der Waals surface area contributed by atoms with Gasteiger partial charge in [-0.15, -0.1) is 10.2 Å². The number of aromatic nitrogens is 2. The Morgan fingerprint density at radius 3 is 2.67 bits per heavy atom. The van der Waals surface area contributed by atoms with Gasteiger partial charge in [-0.1, -0.05) is 66.8 Å². The molecule has 0 radical (unpaired) electrons. The summed E-state index contributed by atoms with van der Waals surface area (Å²) in [7, 11) is 0. The predicted octanol–water partition coefficient (Wildman–Crippen LogP) is 4.18. The van der Waals surface area contributed by atoms with Crippen LogP contribution in [0.5, 0.6) is 0 Å². The van der Waals surface area contributed by atoms with Crippen molar-refractivity contribution in [2.45, 2.75) is 32.6 Å². The van der Waals surface area contributed by atoms with Crippen LogP contribution in [0.15, 0.2) is 54.6 Å². The molecule has 154 valence electrons. The zero-order valence-corrected chi connectivity index (χ0v) is 17.9. The monoisotopic (exact) mass is 420 g/mol. The molecule has 1 aromatic heterocycles. The number of hydrogen-bond acceptors (Lipinski definition) is 5. The van der Waals surface area contributed by atoms with Crippen LogP contribution in [0.25, 0.3) is 0 Å². The van der Waals surface area contributed by atoms with Crippen molar-refractivity contribution >= 4 is 34.0 Å². The number of anilines is 2. The lowest BCUT2D eigenvalue weighted by molar-refractivity contribution is -0.122.